The first kappa shape index (κ1) is 10.6. The molecule has 6 nitrogen and oxygen atoms in total. The zero-order valence-electron chi connectivity index (χ0n) is 8.39. The van der Waals surface area contributed by atoms with Crippen LogP contribution < -0.4 is 0 Å². The van der Waals surface area contributed by atoms with E-state index in [1.165, 1.54) is 10.9 Å². The lowest BCUT2D eigenvalue weighted by molar-refractivity contribution is -0.386. The molecule has 1 aromatic heterocycles. The van der Waals surface area contributed by atoms with Gasteiger partial charge in [-0.2, -0.15) is 5.10 Å². The molecule has 0 aliphatic heterocycles. The number of aliphatic hydroxyl groups is 1. The molecule has 78 valence electrons. The van der Waals surface area contributed by atoms with Gasteiger partial charge in [0.1, 0.15) is 11.9 Å². The number of nitrogens with zero attached hydrogens (tertiary/aromatic N) is 3. The van der Waals surface area contributed by atoms with Crippen molar-refractivity contribution in [3.8, 4) is 0 Å². The predicted molar refractivity (Wildman–Crippen MR) is 50.0 cm³/mol. The molecule has 1 rings (SSSR count). The first-order chi connectivity index (χ1) is 6.40. The lowest BCUT2D eigenvalue weighted by Crippen LogP contribution is -2.26. The summed E-state index contributed by atoms with van der Waals surface area (Å²) in [6.07, 6.45) is 1.20. The molecule has 1 heterocycles. The average Bonchev–Trinajstić information content (AvgIpc) is 2.47. The van der Waals surface area contributed by atoms with Crippen molar-refractivity contribution >= 4 is 5.69 Å². The highest BCUT2D eigenvalue weighted by molar-refractivity contribution is 5.38. The van der Waals surface area contributed by atoms with Crippen LogP contribution >= 0.6 is 0 Å². The second-order valence-electron chi connectivity index (χ2n) is 3.80. The number of rotatable bonds is 3. The third-order valence-electron chi connectivity index (χ3n) is 2.15. The van der Waals surface area contributed by atoms with Crippen molar-refractivity contribution in [2.24, 2.45) is 7.05 Å². The van der Waals surface area contributed by atoms with Crippen molar-refractivity contribution in [3.63, 3.8) is 0 Å². The van der Waals surface area contributed by atoms with E-state index in [-0.39, 0.29) is 12.3 Å². The number of aryl methyl sites for hydroxylation is 1. The summed E-state index contributed by atoms with van der Waals surface area (Å²) >= 11 is 0. The normalized spacial score (nSPS) is 11.7. The van der Waals surface area contributed by atoms with E-state index in [1.54, 1.807) is 20.9 Å². The van der Waals surface area contributed by atoms with Crippen LogP contribution in [-0.2, 0) is 12.5 Å². The largest absolute Gasteiger partial charge is 0.395 e. The van der Waals surface area contributed by atoms with Gasteiger partial charge in [-0.05, 0) is 0 Å². The molecule has 14 heavy (non-hydrogen) atoms. The maximum absolute atomic E-state index is 10.7. The van der Waals surface area contributed by atoms with Crippen LogP contribution in [0.4, 0.5) is 5.69 Å². The lowest BCUT2D eigenvalue weighted by atomic mass is 9.89. The van der Waals surface area contributed by atoms with E-state index >= 15 is 0 Å². The second-order valence-corrected chi connectivity index (χ2v) is 3.80. The summed E-state index contributed by atoms with van der Waals surface area (Å²) in [5, 5.41) is 23.6. The molecule has 0 saturated carbocycles. The van der Waals surface area contributed by atoms with E-state index < -0.39 is 10.3 Å². The number of hydrogen-bond acceptors (Lipinski definition) is 4. The first-order valence-corrected chi connectivity index (χ1v) is 4.18. The maximum atomic E-state index is 10.7. The SMILES string of the molecule is Cn1ncc([N+](=O)[O-])c1C(C)(C)CO. The van der Waals surface area contributed by atoms with Crippen molar-refractivity contribution in [1.29, 1.82) is 0 Å². The smallest absolute Gasteiger partial charge is 0.310 e. The van der Waals surface area contributed by atoms with Crippen LogP contribution in [0.3, 0.4) is 0 Å². The first-order valence-electron chi connectivity index (χ1n) is 4.18. The fraction of sp³-hybridized carbons (Fsp3) is 0.625. The highest BCUT2D eigenvalue weighted by atomic mass is 16.6. The Labute approximate surface area is 81.3 Å². The van der Waals surface area contributed by atoms with Gasteiger partial charge in [0.15, 0.2) is 0 Å². The van der Waals surface area contributed by atoms with Crippen LogP contribution in [0.2, 0.25) is 0 Å². The Morgan fingerprint density at radius 3 is 2.71 bits per heavy atom. The van der Waals surface area contributed by atoms with E-state index in [2.05, 4.69) is 5.10 Å². The molecule has 1 N–H and O–H groups in total. The monoisotopic (exact) mass is 199 g/mol. The third-order valence-corrected chi connectivity index (χ3v) is 2.15. The van der Waals surface area contributed by atoms with Crippen LogP contribution in [0.15, 0.2) is 6.20 Å². The molecule has 0 spiro atoms. The Bertz CT molecular complexity index is 357. The van der Waals surface area contributed by atoms with E-state index in [4.69, 9.17) is 5.11 Å². The molecule has 1 aromatic rings. The number of aliphatic hydroxyl groups excluding tert-OH is 1. The topological polar surface area (TPSA) is 81.2 Å². The summed E-state index contributed by atoms with van der Waals surface area (Å²) in [5.74, 6) is 0. The van der Waals surface area contributed by atoms with Crippen molar-refractivity contribution in [2.75, 3.05) is 6.61 Å². The van der Waals surface area contributed by atoms with Gasteiger partial charge in [0, 0.05) is 12.5 Å². The van der Waals surface area contributed by atoms with Gasteiger partial charge in [-0.15, -0.1) is 0 Å². The Hall–Kier alpha value is -1.43. The molecule has 0 amide bonds. The van der Waals surface area contributed by atoms with Crippen molar-refractivity contribution in [1.82, 2.24) is 9.78 Å². The van der Waals surface area contributed by atoms with Gasteiger partial charge in [-0.25, -0.2) is 0 Å². The van der Waals surface area contributed by atoms with Gasteiger partial charge in [-0.3, -0.25) is 14.8 Å². The molecule has 0 unspecified atom stereocenters. The number of aromatic nitrogens is 2. The van der Waals surface area contributed by atoms with Gasteiger partial charge in [0.05, 0.1) is 11.5 Å². The van der Waals surface area contributed by atoms with Crippen LogP contribution in [0.25, 0.3) is 0 Å². The van der Waals surface area contributed by atoms with Gasteiger partial charge in [-0.1, -0.05) is 13.8 Å². The lowest BCUT2D eigenvalue weighted by Gasteiger charge is -2.20. The number of hydrogen-bond donors (Lipinski definition) is 1. The Kier molecular flexibility index (Phi) is 2.57. The Balaban J connectivity index is 3.31. The summed E-state index contributed by atoms with van der Waals surface area (Å²) in [7, 11) is 1.62. The van der Waals surface area contributed by atoms with Crippen molar-refractivity contribution < 1.29 is 10.0 Å². The maximum Gasteiger partial charge on any atom is 0.310 e. The third kappa shape index (κ3) is 1.60. The molecular formula is C8H13N3O3. The summed E-state index contributed by atoms with van der Waals surface area (Å²) < 4.78 is 1.42. The zero-order valence-corrected chi connectivity index (χ0v) is 8.39. The molecule has 0 aliphatic rings. The van der Waals surface area contributed by atoms with Gasteiger partial charge < -0.3 is 5.11 Å². The fourth-order valence-corrected chi connectivity index (χ4v) is 1.42. The average molecular weight is 199 g/mol. The summed E-state index contributed by atoms with van der Waals surface area (Å²) in [6.45, 7) is 3.31. The quantitative estimate of drug-likeness (QED) is 0.570. The predicted octanol–water partition coefficient (Wildman–Crippen LogP) is 0.598. The van der Waals surface area contributed by atoms with E-state index in [1.807, 2.05) is 0 Å². The summed E-state index contributed by atoms with van der Waals surface area (Å²) in [6, 6.07) is 0. The molecule has 0 aromatic carbocycles. The molecule has 0 aliphatic carbocycles. The Morgan fingerprint density at radius 2 is 2.29 bits per heavy atom. The molecule has 0 bridgehead atoms. The molecule has 0 atom stereocenters. The molecule has 0 fully saturated rings. The fourth-order valence-electron chi connectivity index (χ4n) is 1.42. The van der Waals surface area contributed by atoms with Crippen LogP contribution in [0, 0.1) is 10.1 Å². The molecule has 6 heteroatoms. The minimum Gasteiger partial charge on any atom is -0.395 e. The van der Waals surface area contributed by atoms with Crippen LogP contribution in [0.5, 0.6) is 0 Å². The highest BCUT2D eigenvalue weighted by Crippen LogP contribution is 2.30. The molecule has 0 saturated heterocycles. The highest BCUT2D eigenvalue weighted by Gasteiger charge is 2.32. The van der Waals surface area contributed by atoms with Crippen LogP contribution in [-0.4, -0.2) is 26.4 Å². The molecule has 0 radical (unpaired) electrons. The van der Waals surface area contributed by atoms with Crippen LogP contribution in [0.1, 0.15) is 19.5 Å². The number of nitro groups is 1. The minimum atomic E-state index is -0.659. The van der Waals surface area contributed by atoms with E-state index in [9.17, 15) is 10.1 Å². The van der Waals surface area contributed by atoms with Gasteiger partial charge in [0.2, 0.25) is 0 Å². The summed E-state index contributed by atoms with van der Waals surface area (Å²) in [4.78, 5) is 10.2. The van der Waals surface area contributed by atoms with Crippen molar-refractivity contribution in [2.45, 2.75) is 19.3 Å². The standard InChI is InChI=1S/C8H13N3O3/c1-8(2,5-12)7-6(11(13)14)4-9-10(7)3/h4,12H,5H2,1-3H3. The van der Waals surface area contributed by atoms with E-state index in [0.717, 1.165) is 0 Å². The zero-order chi connectivity index (χ0) is 10.9. The van der Waals surface area contributed by atoms with Gasteiger partial charge in [0.25, 0.3) is 0 Å². The molecular weight excluding hydrogens is 186 g/mol. The van der Waals surface area contributed by atoms with Gasteiger partial charge >= 0.3 is 5.69 Å². The second kappa shape index (κ2) is 3.38. The Morgan fingerprint density at radius 1 is 1.71 bits per heavy atom. The minimum absolute atomic E-state index is 0.0495. The van der Waals surface area contributed by atoms with Crippen molar-refractivity contribution in [3.05, 3.63) is 22.0 Å². The van der Waals surface area contributed by atoms with E-state index in [0.29, 0.717) is 5.69 Å². The summed E-state index contributed by atoms with van der Waals surface area (Å²) in [5.41, 5.74) is -0.273.